The second kappa shape index (κ2) is 8.47. The monoisotopic (exact) mass is 494 g/mol. The summed E-state index contributed by atoms with van der Waals surface area (Å²) in [5.74, 6) is 1.90. The molecule has 0 N–H and O–H groups in total. The van der Waals surface area contributed by atoms with Crippen molar-refractivity contribution in [3.63, 3.8) is 0 Å². The zero-order chi connectivity index (χ0) is 25.0. The van der Waals surface area contributed by atoms with Gasteiger partial charge in [0.2, 0.25) is 0 Å². The highest BCUT2D eigenvalue weighted by Crippen LogP contribution is 2.49. The maximum absolute atomic E-state index is 6.39. The van der Waals surface area contributed by atoms with Crippen molar-refractivity contribution >= 4 is 22.1 Å². The zero-order valence-electron chi connectivity index (χ0n) is 20.9. The predicted molar refractivity (Wildman–Crippen MR) is 157 cm³/mol. The van der Waals surface area contributed by atoms with Crippen LogP contribution in [0, 0.1) is 0 Å². The summed E-state index contributed by atoms with van der Waals surface area (Å²) >= 11 is 1.83. The van der Waals surface area contributed by atoms with Gasteiger partial charge in [-0.15, -0.1) is 11.3 Å². The highest BCUT2D eigenvalue weighted by molar-refractivity contribution is 7.18. The lowest BCUT2D eigenvalue weighted by molar-refractivity contribution is 0.418. The molecule has 0 spiro atoms. The molecular weight excluding hydrogens is 468 g/mol. The fourth-order valence-corrected chi connectivity index (χ4v) is 6.68. The first kappa shape index (κ1) is 22.1. The first-order valence-electron chi connectivity index (χ1n) is 12.7. The molecule has 1 nitrogen and oxygen atoms in total. The van der Waals surface area contributed by atoms with E-state index in [0.29, 0.717) is 0 Å². The molecule has 1 aromatic heterocycles. The van der Waals surface area contributed by atoms with E-state index in [2.05, 4.69) is 129 Å². The SMILES string of the molecule is CC1(C)c2ccccc2Oc2cc(-c3ccc(-c4ccccc4-c4cccc5ccccc45)s3)ccc21. The summed E-state index contributed by atoms with van der Waals surface area (Å²) in [6.45, 7) is 4.56. The van der Waals surface area contributed by atoms with Gasteiger partial charge in [-0.25, -0.2) is 0 Å². The lowest BCUT2D eigenvalue weighted by Crippen LogP contribution is -2.24. The molecule has 0 saturated heterocycles. The molecule has 0 unspecified atom stereocenters. The second-order valence-corrected chi connectivity index (χ2v) is 11.3. The Morgan fingerprint density at radius 3 is 2.14 bits per heavy atom. The van der Waals surface area contributed by atoms with Crippen LogP contribution in [0.5, 0.6) is 11.5 Å². The first-order chi connectivity index (χ1) is 18.1. The van der Waals surface area contributed by atoms with Crippen molar-refractivity contribution < 1.29 is 4.74 Å². The van der Waals surface area contributed by atoms with Crippen LogP contribution in [-0.4, -0.2) is 0 Å². The van der Waals surface area contributed by atoms with Gasteiger partial charge in [0.05, 0.1) is 0 Å². The standard InChI is InChI=1S/C35H26OS/c1-35(2)29-16-7-8-17-31(29)36-32-22-24(18-19-30(32)35)33-20-21-34(37-33)28-14-6-5-13-27(28)26-15-9-11-23-10-3-4-12-25(23)26/h3-22H,1-2H3. The first-order valence-corrected chi connectivity index (χ1v) is 13.5. The Bertz CT molecular complexity index is 1780. The summed E-state index contributed by atoms with van der Waals surface area (Å²) in [7, 11) is 0. The topological polar surface area (TPSA) is 9.23 Å². The number of fused-ring (bicyclic) bond motifs is 3. The largest absolute Gasteiger partial charge is 0.457 e. The molecule has 7 rings (SSSR count). The van der Waals surface area contributed by atoms with Gasteiger partial charge in [0.15, 0.2) is 0 Å². The Labute approximate surface area is 221 Å². The number of ether oxygens (including phenoxy) is 1. The van der Waals surface area contributed by atoms with Crippen LogP contribution >= 0.6 is 11.3 Å². The Morgan fingerprint density at radius 1 is 0.541 bits per heavy atom. The molecular formula is C35H26OS. The average molecular weight is 495 g/mol. The molecule has 0 aliphatic carbocycles. The number of para-hydroxylation sites is 1. The van der Waals surface area contributed by atoms with Gasteiger partial charge in [-0.05, 0) is 57.3 Å². The van der Waals surface area contributed by atoms with Gasteiger partial charge in [-0.3, -0.25) is 0 Å². The van der Waals surface area contributed by atoms with Crippen molar-refractivity contribution in [1.29, 1.82) is 0 Å². The maximum Gasteiger partial charge on any atom is 0.132 e. The summed E-state index contributed by atoms with van der Waals surface area (Å²) in [5, 5.41) is 2.55. The number of hydrogen-bond donors (Lipinski definition) is 0. The molecule has 0 saturated carbocycles. The van der Waals surface area contributed by atoms with E-state index in [1.54, 1.807) is 0 Å². The van der Waals surface area contributed by atoms with Crippen molar-refractivity contribution in [2.75, 3.05) is 0 Å². The van der Waals surface area contributed by atoms with Gasteiger partial charge in [-0.2, -0.15) is 0 Å². The number of thiophene rings is 1. The normalized spacial score (nSPS) is 13.6. The Morgan fingerprint density at radius 2 is 1.22 bits per heavy atom. The van der Waals surface area contributed by atoms with E-state index in [9.17, 15) is 0 Å². The molecule has 2 heterocycles. The molecule has 0 fully saturated rings. The lowest BCUT2D eigenvalue weighted by atomic mass is 9.75. The molecule has 6 aromatic rings. The quantitative estimate of drug-likeness (QED) is 0.238. The van der Waals surface area contributed by atoms with Crippen LogP contribution in [0.15, 0.2) is 121 Å². The molecule has 1 aliphatic rings. The smallest absolute Gasteiger partial charge is 0.132 e. The van der Waals surface area contributed by atoms with Gasteiger partial charge < -0.3 is 4.74 Å². The fraction of sp³-hybridized carbons (Fsp3) is 0.0857. The number of hydrogen-bond acceptors (Lipinski definition) is 2. The fourth-order valence-electron chi connectivity index (χ4n) is 5.64. The Kier molecular flexibility index (Phi) is 5.05. The third-order valence-corrected chi connectivity index (χ3v) is 8.77. The lowest BCUT2D eigenvalue weighted by Gasteiger charge is -2.34. The molecule has 2 heteroatoms. The van der Waals surface area contributed by atoms with Crippen LogP contribution < -0.4 is 4.74 Å². The third kappa shape index (κ3) is 3.60. The van der Waals surface area contributed by atoms with Gasteiger partial charge in [-0.1, -0.05) is 111 Å². The highest BCUT2D eigenvalue weighted by atomic mass is 32.1. The van der Waals surface area contributed by atoms with Crippen molar-refractivity contribution in [3.8, 4) is 43.5 Å². The van der Waals surface area contributed by atoms with Gasteiger partial charge in [0.25, 0.3) is 0 Å². The minimum Gasteiger partial charge on any atom is -0.457 e. The van der Waals surface area contributed by atoms with E-state index in [-0.39, 0.29) is 5.41 Å². The van der Waals surface area contributed by atoms with Crippen LogP contribution in [0.3, 0.4) is 0 Å². The van der Waals surface area contributed by atoms with Crippen LogP contribution in [0.1, 0.15) is 25.0 Å². The molecule has 1 aliphatic heterocycles. The minimum absolute atomic E-state index is 0.0965. The van der Waals surface area contributed by atoms with E-state index in [1.807, 2.05) is 17.4 Å². The molecule has 178 valence electrons. The van der Waals surface area contributed by atoms with Crippen LogP contribution in [0.4, 0.5) is 0 Å². The molecule has 0 radical (unpaired) electrons. The van der Waals surface area contributed by atoms with Crippen LogP contribution in [0.2, 0.25) is 0 Å². The molecule has 37 heavy (non-hydrogen) atoms. The minimum atomic E-state index is -0.0965. The molecule has 0 amide bonds. The van der Waals surface area contributed by atoms with Crippen molar-refractivity contribution in [2.45, 2.75) is 19.3 Å². The van der Waals surface area contributed by atoms with Gasteiger partial charge >= 0.3 is 0 Å². The average Bonchev–Trinajstić information content (AvgIpc) is 3.43. The van der Waals surface area contributed by atoms with Crippen molar-refractivity contribution in [3.05, 3.63) is 132 Å². The van der Waals surface area contributed by atoms with Crippen molar-refractivity contribution in [2.24, 2.45) is 0 Å². The summed E-state index contributed by atoms with van der Waals surface area (Å²) in [4.78, 5) is 2.51. The summed E-state index contributed by atoms with van der Waals surface area (Å²) < 4.78 is 6.39. The number of rotatable bonds is 3. The summed E-state index contributed by atoms with van der Waals surface area (Å²) in [6, 6.07) is 43.5. The van der Waals surface area contributed by atoms with E-state index >= 15 is 0 Å². The molecule has 0 atom stereocenters. The highest BCUT2D eigenvalue weighted by Gasteiger charge is 2.34. The van der Waals surface area contributed by atoms with Crippen LogP contribution in [0.25, 0.3) is 42.8 Å². The van der Waals surface area contributed by atoms with Crippen LogP contribution in [-0.2, 0) is 5.41 Å². The van der Waals surface area contributed by atoms with E-state index in [4.69, 9.17) is 4.74 Å². The van der Waals surface area contributed by atoms with E-state index in [1.165, 1.54) is 53.9 Å². The van der Waals surface area contributed by atoms with E-state index in [0.717, 1.165) is 11.5 Å². The summed E-state index contributed by atoms with van der Waals surface area (Å²) in [5.41, 5.74) is 7.35. The second-order valence-electron chi connectivity index (χ2n) is 10.2. The van der Waals surface area contributed by atoms with E-state index < -0.39 is 0 Å². The number of benzene rings is 5. The third-order valence-electron chi connectivity index (χ3n) is 7.60. The van der Waals surface area contributed by atoms with Crippen molar-refractivity contribution in [1.82, 2.24) is 0 Å². The Balaban J connectivity index is 1.29. The summed E-state index contributed by atoms with van der Waals surface area (Å²) in [6.07, 6.45) is 0. The Hall–Kier alpha value is -4.14. The maximum atomic E-state index is 6.39. The zero-order valence-corrected chi connectivity index (χ0v) is 21.7. The van der Waals surface area contributed by atoms with Gasteiger partial charge in [0.1, 0.15) is 11.5 Å². The predicted octanol–water partition coefficient (Wildman–Crippen LogP) is 10.3. The van der Waals surface area contributed by atoms with Gasteiger partial charge in [0, 0.05) is 26.3 Å². The molecule has 0 bridgehead atoms. The molecule has 5 aromatic carbocycles.